The van der Waals surface area contributed by atoms with Crippen molar-refractivity contribution in [3.8, 4) is 0 Å². The van der Waals surface area contributed by atoms with Crippen molar-refractivity contribution in [1.29, 1.82) is 0 Å². The maximum atomic E-state index is 18.4. The topological polar surface area (TPSA) is 89.5 Å². The van der Waals surface area contributed by atoms with Gasteiger partial charge in [-0.15, -0.1) is 0 Å². The molecule has 0 saturated carbocycles. The van der Waals surface area contributed by atoms with Crippen LogP contribution in [-0.4, -0.2) is 84.1 Å². The molecule has 6 unspecified atom stereocenters. The first-order chi connectivity index (χ1) is 25.7. The van der Waals surface area contributed by atoms with Crippen LogP contribution in [0.5, 0.6) is 0 Å². The van der Waals surface area contributed by atoms with E-state index in [1.54, 1.807) is 0 Å². The van der Waals surface area contributed by atoms with Gasteiger partial charge in [0.1, 0.15) is 0 Å². The second-order valence-electron chi connectivity index (χ2n) is 11.6. The highest BCUT2D eigenvalue weighted by atomic mass is 32.2. The number of ether oxygens (including phenoxy) is 6. The highest BCUT2D eigenvalue weighted by Gasteiger charge is 2.88. The third-order valence-corrected chi connectivity index (χ3v) is 11.4. The molecule has 0 spiro atoms. The van der Waals surface area contributed by atoms with Crippen LogP contribution in [0.3, 0.4) is 0 Å². The van der Waals surface area contributed by atoms with Crippen LogP contribution in [0.15, 0.2) is 119 Å². The molecule has 0 heterocycles. The lowest BCUT2D eigenvalue weighted by atomic mass is 9.81. The van der Waals surface area contributed by atoms with Gasteiger partial charge in [-0.25, -0.2) is 34.8 Å². The fourth-order valence-corrected chi connectivity index (χ4v) is 8.24. The second-order valence-corrected chi connectivity index (χ2v) is 13.8. The summed E-state index contributed by atoms with van der Waals surface area (Å²) in [5.41, 5.74) is -12.5. The van der Waals surface area contributed by atoms with Crippen LogP contribution < -0.4 is 0 Å². The molecule has 2 aliphatic rings. The zero-order valence-corrected chi connectivity index (χ0v) is 30.4. The van der Waals surface area contributed by atoms with Gasteiger partial charge in [0, 0.05) is 14.2 Å². The van der Waals surface area contributed by atoms with E-state index in [2.05, 4.69) is 28.4 Å². The van der Waals surface area contributed by atoms with Crippen molar-refractivity contribution < 1.29 is 80.7 Å². The minimum absolute atomic E-state index is 0.179. The van der Waals surface area contributed by atoms with Gasteiger partial charge in [-0.2, -0.15) is 17.6 Å². The molecule has 0 amide bonds. The molecule has 0 fully saturated rings. The molecule has 19 heteroatoms. The Balaban J connectivity index is 2.32. The molecule has 6 atom stereocenters. The van der Waals surface area contributed by atoms with E-state index in [1.165, 1.54) is 36.4 Å². The zero-order valence-electron chi connectivity index (χ0n) is 29.5. The number of sulfone groups is 1. The van der Waals surface area contributed by atoms with E-state index >= 15 is 43.9 Å². The Bertz CT molecular complexity index is 1950. The summed E-state index contributed by atoms with van der Waals surface area (Å²) in [7, 11) is -5.49. The zero-order chi connectivity index (χ0) is 41.4. The fourth-order valence-electron chi connectivity index (χ4n) is 6.14. The van der Waals surface area contributed by atoms with Crippen LogP contribution in [0.25, 0.3) is 12.2 Å². The third kappa shape index (κ3) is 5.67. The molecule has 4 rings (SSSR count). The Labute approximate surface area is 308 Å². The number of benzene rings is 2. The van der Waals surface area contributed by atoms with Crippen LogP contribution in [0.2, 0.25) is 0 Å². The van der Waals surface area contributed by atoms with E-state index in [9.17, 15) is 8.42 Å². The van der Waals surface area contributed by atoms with Crippen molar-refractivity contribution in [2.24, 2.45) is 0 Å². The van der Waals surface area contributed by atoms with Crippen molar-refractivity contribution in [2.75, 3.05) is 42.7 Å². The first-order valence-corrected chi connectivity index (χ1v) is 16.9. The molecular weight excluding hydrogens is 782 g/mol. The number of methoxy groups -OCH3 is 6. The first kappa shape index (κ1) is 43.0. The van der Waals surface area contributed by atoms with Gasteiger partial charge in [0.2, 0.25) is 44.5 Å². The average Bonchev–Trinajstić information content (AvgIpc) is 3.20. The molecule has 2 aromatic carbocycles. The lowest BCUT2D eigenvalue weighted by Crippen LogP contribution is -2.74. The van der Waals surface area contributed by atoms with E-state index in [-0.39, 0.29) is 37.5 Å². The number of alkyl halides is 6. The number of allylic oxidation sites excluding steroid dienone is 2. The van der Waals surface area contributed by atoms with Gasteiger partial charge in [-0.3, -0.25) is 0 Å². The molecule has 0 aliphatic heterocycles. The smallest absolute Gasteiger partial charge is 0.316 e. The Morgan fingerprint density at radius 2 is 0.855 bits per heavy atom. The molecule has 0 radical (unpaired) electrons. The average molecular weight is 815 g/mol. The van der Waals surface area contributed by atoms with Crippen LogP contribution in [0.1, 0.15) is 11.1 Å². The highest BCUT2D eigenvalue weighted by molar-refractivity contribution is 7.94. The molecule has 55 heavy (non-hydrogen) atoms. The lowest BCUT2D eigenvalue weighted by molar-refractivity contribution is -0.234. The highest BCUT2D eigenvalue weighted by Crippen LogP contribution is 2.65. The summed E-state index contributed by atoms with van der Waals surface area (Å²) in [6.45, 7) is 0. The molecule has 0 bridgehead atoms. The number of hydrogen-bond donors (Lipinski definition) is 0. The van der Waals surface area contributed by atoms with E-state index in [0.29, 0.717) is 28.4 Å². The van der Waals surface area contributed by atoms with Crippen LogP contribution in [0, 0.1) is 0 Å². The molecule has 0 saturated heterocycles. The van der Waals surface area contributed by atoms with Crippen molar-refractivity contribution in [3.05, 3.63) is 130 Å². The van der Waals surface area contributed by atoms with Crippen LogP contribution in [0.4, 0.5) is 43.9 Å². The maximum Gasteiger partial charge on any atom is 0.316 e. The Morgan fingerprint density at radius 3 is 1.11 bits per heavy atom. The summed E-state index contributed by atoms with van der Waals surface area (Å²) >= 11 is 0. The first-order valence-electron chi connectivity index (χ1n) is 15.4. The van der Waals surface area contributed by atoms with Crippen molar-refractivity contribution in [2.45, 2.75) is 33.0 Å². The Morgan fingerprint density at radius 1 is 0.545 bits per heavy atom. The lowest BCUT2D eigenvalue weighted by Gasteiger charge is -2.50. The largest absolute Gasteiger partial charge is 0.492 e. The van der Waals surface area contributed by atoms with Gasteiger partial charge in [0.25, 0.3) is 21.3 Å². The van der Waals surface area contributed by atoms with Gasteiger partial charge in [0.15, 0.2) is 11.7 Å². The SMILES string of the molecule is COC1=C(OC)C(F)(OC)C(F)(C(F)(C=Cc2ccccc2)S(=O)(=O)C(F)(C=Cc2ccccc2)C2(F)C(F)=C(F)C(OC)=C(OC)C2(F)OC)C(F)=C1F. The normalized spacial score (nSPS) is 28.8. The maximum absolute atomic E-state index is 18.4. The molecule has 300 valence electrons. The summed E-state index contributed by atoms with van der Waals surface area (Å²) < 4.78 is 228. The number of hydrogen-bond acceptors (Lipinski definition) is 8. The van der Waals surface area contributed by atoms with Gasteiger partial charge in [-0.05, 0) is 23.3 Å². The van der Waals surface area contributed by atoms with Gasteiger partial charge in [0.05, 0.1) is 28.4 Å². The second kappa shape index (κ2) is 15.1. The molecule has 0 aromatic heterocycles. The van der Waals surface area contributed by atoms with Gasteiger partial charge < -0.3 is 28.4 Å². The summed E-state index contributed by atoms with van der Waals surface area (Å²) in [5, 5.41) is -11.9. The predicted molar refractivity (Wildman–Crippen MR) is 177 cm³/mol. The van der Waals surface area contributed by atoms with Crippen molar-refractivity contribution in [1.82, 2.24) is 0 Å². The van der Waals surface area contributed by atoms with Crippen molar-refractivity contribution in [3.63, 3.8) is 0 Å². The fraction of sp³-hybridized carbons (Fsp3) is 0.333. The van der Waals surface area contributed by atoms with E-state index in [0.717, 1.165) is 24.3 Å². The Kier molecular flexibility index (Phi) is 11.8. The minimum atomic E-state index is -7.92. The summed E-state index contributed by atoms with van der Waals surface area (Å²) in [6, 6.07) is 11.9. The number of rotatable bonds is 14. The van der Waals surface area contributed by atoms with E-state index < -0.39 is 101 Å². The van der Waals surface area contributed by atoms with Crippen LogP contribution >= 0.6 is 0 Å². The Hall–Kier alpha value is -4.75. The molecular formula is C36H32F10O8S. The van der Waals surface area contributed by atoms with Gasteiger partial charge in [-0.1, -0.05) is 72.8 Å². The summed E-state index contributed by atoms with van der Waals surface area (Å²) in [5.74, 6) is -29.4. The van der Waals surface area contributed by atoms with Crippen molar-refractivity contribution >= 4 is 22.0 Å². The number of halogens is 10. The minimum Gasteiger partial charge on any atom is -0.492 e. The molecule has 8 nitrogen and oxygen atoms in total. The van der Waals surface area contributed by atoms with E-state index in [1.807, 2.05) is 0 Å². The summed E-state index contributed by atoms with van der Waals surface area (Å²) in [4.78, 5) is 0. The molecule has 2 aliphatic carbocycles. The molecule has 0 N–H and O–H groups in total. The van der Waals surface area contributed by atoms with Crippen LogP contribution in [-0.2, 0) is 38.3 Å². The molecule has 2 aromatic rings. The predicted octanol–water partition coefficient (Wildman–Crippen LogP) is 8.54. The van der Waals surface area contributed by atoms with Gasteiger partial charge >= 0.3 is 11.7 Å². The standard InChI is InChI=1S/C36H32F10O8S/c1-49-25-23(37)27(39)33(43,35(45,53-5)29(25)51-3)31(41,19-17-21-13-9-7-10-14-21)55(47,48)32(42,20-18-22-15-11-8-12-16-22)34(44)28(40)24(38)26(50-2)30(52-4)36(34,46)54-6/h7-20H,1-6H3. The monoisotopic (exact) mass is 814 g/mol. The third-order valence-electron chi connectivity index (χ3n) is 8.95. The quantitative estimate of drug-likeness (QED) is 0.176. The van der Waals surface area contributed by atoms with E-state index in [4.69, 9.17) is 0 Å². The summed E-state index contributed by atoms with van der Waals surface area (Å²) in [6.07, 6.45) is -0.661.